The van der Waals surface area contributed by atoms with Gasteiger partial charge in [-0.15, -0.1) is 0 Å². The van der Waals surface area contributed by atoms with Crippen LogP contribution in [0.2, 0.25) is 0 Å². The van der Waals surface area contributed by atoms with Crippen molar-refractivity contribution < 1.29 is 23.1 Å². The van der Waals surface area contributed by atoms with E-state index >= 15 is 0 Å². The number of hydrogen-bond acceptors (Lipinski definition) is 2. The molecule has 3 nitrogen and oxygen atoms in total. The highest BCUT2D eigenvalue weighted by Crippen LogP contribution is 2.35. The van der Waals surface area contributed by atoms with Crippen LogP contribution in [0.25, 0.3) is 11.1 Å². The van der Waals surface area contributed by atoms with E-state index in [0.717, 1.165) is 12.1 Å². The molecule has 1 aromatic carbocycles. The molecular weight excluding hydrogens is 271 g/mol. The van der Waals surface area contributed by atoms with Gasteiger partial charge in [0.25, 0.3) is 0 Å². The summed E-state index contributed by atoms with van der Waals surface area (Å²) in [7, 11) is 0. The Bertz CT molecular complexity index is 666. The van der Waals surface area contributed by atoms with E-state index in [4.69, 9.17) is 5.11 Å². The number of benzene rings is 1. The van der Waals surface area contributed by atoms with Crippen molar-refractivity contribution in [3.05, 3.63) is 53.3 Å². The first-order chi connectivity index (χ1) is 9.30. The van der Waals surface area contributed by atoms with Gasteiger partial charge in [-0.1, -0.05) is 12.1 Å². The van der Waals surface area contributed by atoms with Crippen LogP contribution in [0.3, 0.4) is 0 Å². The van der Waals surface area contributed by atoms with Crippen LogP contribution in [0.15, 0.2) is 36.5 Å². The van der Waals surface area contributed by atoms with Gasteiger partial charge in [0, 0.05) is 17.5 Å². The van der Waals surface area contributed by atoms with Gasteiger partial charge in [0.05, 0.1) is 11.1 Å². The van der Waals surface area contributed by atoms with Crippen molar-refractivity contribution in [2.45, 2.75) is 13.1 Å². The maximum atomic E-state index is 12.9. The molecule has 0 atom stereocenters. The molecule has 1 heterocycles. The summed E-state index contributed by atoms with van der Waals surface area (Å²) in [6.07, 6.45) is -3.19. The molecule has 2 rings (SSSR count). The fourth-order valence-electron chi connectivity index (χ4n) is 1.92. The lowest BCUT2D eigenvalue weighted by molar-refractivity contribution is -0.138. The van der Waals surface area contributed by atoms with Gasteiger partial charge in [-0.3, -0.25) is 4.98 Å². The number of aromatic carboxylic acids is 1. The number of carbonyl (C=O) groups is 1. The first-order valence-corrected chi connectivity index (χ1v) is 5.67. The molecule has 104 valence electrons. The van der Waals surface area contributed by atoms with E-state index in [1.807, 2.05) is 0 Å². The van der Waals surface area contributed by atoms with Gasteiger partial charge in [-0.2, -0.15) is 13.2 Å². The molecule has 0 aliphatic carbocycles. The molecule has 20 heavy (non-hydrogen) atoms. The van der Waals surface area contributed by atoms with Crippen LogP contribution in [0.5, 0.6) is 0 Å². The Balaban J connectivity index is 2.65. The zero-order valence-corrected chi connectivity index (χ0v) is 10.4. The number of hydrogen-bond donors (Lipinski definition) is 1. The van der Waals surface area contributed by atoms with E-state index < -0.39 is 23.3 Å². The Morgan fingerprint density at radius 2 is 1.95 bits per heavy atom. The number of carboxylic acids is 1. The lowest BCUT2D eigenvalue weighted by Crippen LogP contribution is -2.13. The number of halogens is 3. The standard InChI is InChI=1S/C14H10F3NO2/c1-8-10(3-2-6-18-8)9-4-5-11(13(19)20)12(7-9)14(15,16)17/h2-7H,1H3,(H,19,20). The molecule has 6 heteroatoms. The summed E-state index contributed by atoms with van der Waals surface area (Å²) >= 11 is 0. The first kappa shape index (κ1) is 14.0. The lowest BCUT2D eigenvalue weighted by atomic mass is 9.98. The molecule has 0 aliphatic rings. The molecule has 0 unspecified atom stereocenters. The van der Waals surface area contributed by atoms with Crippen LogP contribution in [0.1, 0.15) is 21.6 Å². The minimum absolute atomic E-state index is 0.285. The Kier molecular flexibility index (Phi) is 3.48. The van der Waals surface area contributed by atoms with E-state index in [9.17, 15) is 18.0 Å². The molecule has 0 fully saturated rings. The smallest absolute Gasteiger partial charge is 0.417 e. The highest BCUT2D eigenvalue weighted by atomic mass is 19.4. The summed E-state index contributed by atoms with van der Waals surface area (Å²) in [6.45, 7) is 1.67. The number of pyridine rings is 1. The number of alkyl halides is 3. The number of carboxylic acid groups (broad SMARTS) is 1. The maximum absolute atomic E-state index is 12.9. The van der Waals surface area contributed by atoms with Gasteiger partial charge in [-0.25, -0.2) is 4.79 Å². The van der Waals surface area contributed by atoms with Crippen molar-refractivity contribution in [2.24, 2.45) is 0 Å². The molecule has 0 bridgehead atoms. The van der Waals surface area contributed by atoms with Gasteiger partial charge in [0.2, 0.25) is 0 Å². The summed E-state index contributed by atoms with van der Waals surface area (Å²) in [4.78, 5) is 14.9. The van der Waals surface area contributed by atoms with Gasteiger partial charge in [0.15, 0.2) is 0 Å². The van der Waals surface area contributed by atoms with E-state index in [0.29, 0.717) is 11.3 Å². The second-order valence-corrected chi connectivity index (χ2v) is 4.20. The predicted octanol–water partition coefficient (Wildman–Crippen LogP) is 3.77. The van der Waals surface area contributed by atoms with Crippen LogP contribution >= 0.6 is 0 Å². The predicted molar refractivity (Wildman–Crippen MR) is 66.4 cm³/mol. The summed E-state index contributed by atoms with van der Waals surface area (Å²) in [5.41, 5.74) is -0.528. The molecular formula is C14H10F3NO2. The number of aromatic nitrogens is 1. The third-order valence-corrected chi connectivity index (χ3v) is 2.87. The zero-order chi connectivity index (χ0) is 14.9. The molecule has 0 radical (unpaired) electrons. The van der Waals surface area contributed by atoms with Gasteiger partial charge < -0.3 is 5.11 Å². The minimum Gasteiger partial charge on any atom is -0.478 e. The number of rotatable bonds is 2. The second-order valence-electron chi connectivity index (χ2n) is 4.20. The normalized spacial score (nSPS) is 11.4. The molecule has 0 amide bonds. The quantitative estimate of drug-likeness (QED) is 0.911. The van der Waals surface area contributed by atoms with Crippen LogP contribution in [-0.4, -0.2) is 16.1 Å². The van der Waals surface area contributed by atoms with Crippen LogP contribution in [0.4, 0.5) is 13.2 Å². The van der Waals surface area contributed by atoms with Crippen molar-refractivity contribution in [3.8, 4) is 11.1 Å². The van der Waals surface area contributed by atoms with Gasteiger partial charge in [0.1, 0.15) is 0 Å². The number of nitrogens with zero attached hydrogens (tertiary/aromatic N) is 1. The Hall–Kier alpha value is -2.37. The summed E-state index contributed by atoms with van der Waals surface area (Å²) < 4.78 is 38.8. The fourth-order valence-corrected chi connectivity index (χ4v) is 1.92. The second kappa shape index (κ2) is 4.96. The maximum Gasteiger partial charge on any atom is 0.417 e. The van der Waals surface area contributed by atoms with E-state index in [1.54, 1.807) is 19.1 Å². The molecule has 0 saturated heterocycles. The van der Waals surface area contributed by atoms with Crippen molar-refractivity contribution in [2.75, 3.05) is 0 Å². The molecule has 2 aromatic rings. The molecule has 0 saturated carbocycles. The molecule has 1 N–H and O–H groups in total. The zero-order valence-electron chi connectivity index (χ0n) is 10.4. The van der Waals surface area contributed by atoms with Crippen molar-refractivity contribution >= 4 is 5.97 Å². The van der Waals surface area contributed by atoms with Crippen LogP contribution in [-0.2, 0) is 6.18 Å². The van der Waals surface area contributed by atoms with Crippen molar-refractivity contribution in [3.63, 3.8) is 0 Å². The molecule has 0 aliphatic heterocycles. The SMILES string of the molecule is Cc1ncccc1-c1ccc(C(=O)O)c(C(F)(F)F)c1. The fraction of sp³-hybridized carbons (Fsp3) is 0.143. The molecule has 1 aromatic heterocycles. The third kappa shape index (κ3) is 2.64. The van der Waals surface area contributed by atoms with Crippen LogP contribution < -0.4 is 0 Å². The highest BCUT2D eigenvalue weighted by molar-refractivity contribution is 5.90. The minimum atomic E-state index is -4.72. The van der Waals surface area contributed by atoms with Gasteiger partial charge in [-0.05, 0) is 30.7 Å². The Labute approximate surface area is 112 Å². The third-order valence-electron chi connectivity index (χ3n) is 2.87. The Morgan fingerprint density at radius 3 is 2.50 bits per heavy atom. The largest absolute Gasteiger partial charge is 0.478 e. The van der Waals surface area contributed by atoms with Crippen molar-refractivity contribution in [1.82, 2.24) is 4.98 Å². The van der Waals surface area contributed by atoms with Crippen molar-refractivity contribution in [1.29, 1.82) is 0 Å². The van der Waals surface area contributed by atoms with Gasteiger partial charge >= 0.3 is 12.1 Å². The summed E-state index contributed by atoms with van der Waals surface area (Å²) in [5, 5.41) is 8.83. The van der Waals surface area contributed by atoms with E-state index in [2.05, 4.69) is 4.98 Å². The Morgan fingerprint density at radius 1 is 1.25 bits per heavy atom. The topological polar surface area (TPSA) is 50.2 Å². The van der Waals surface area contributed by atoms with E-state index in [1.165, 1.54) is 12.3 Å². The highest BCUT2D eigenvalue weighted by Gasteiger charge is 2.35. The van der Waals surface area contributed by atoms with Crippen LogP contribution in [0, 0.1) is 6.92 Å². The average Bonchev–Trinajstić information content (AvgIpc) is 2.37. The average molecular weight is 281 g/mol. The lowest BCUT2D eigenvalue weighted by Gasteiger charge is -2.13. The summed E-state index contributed by atoms with van der Waals surface area (Å²) in [5.74, 6) is -1.60. The first-order valence-electron chi connectivity index (χ1n) is 5.67. The summed E-state index contributed by atoms with van der Waals surface area (Å²) in [6, 6.07) is 6.40. The van der Waals surface area contributed by atoms with E-state index in [-0.39, 0.29) is 5.56 Å². The number of aryl methyl sites for hydroxylation is 1. The molecule has 0 spiro atoms. The monoisotopic (exact) mass is 281 g/mol.